The topological polar surface area (TPSA) is 36.9 Å². The number of hydrogen-bond acceptors (Lipinski definition) is 3. The first-order chi connectivity index (χ1) is 10.5. The summed E-state index contributed by atoms with van der Waals surface area (Å²) in [7, 11) is 3.90. The molecule has 0 unspecified atom stereocenters. The van der Waals surface area contributed by atoms with E-state index in [1.54, 1.807) is 0 Å². The third-order valence-electron chi connectivity index (χ3n) is 4.07. The maximum atomic E-state index is 5.70. The van der Waals surface area contributed by atoms with Crippen LogP contribution >= 0.6 is 35.3 Å². The summed E-state index contributed by atoms with van der Waals surface area (Å²) in [6, 6.07) is 4.31. The van der Waals surface area contributed by atoms with Gasteiger partial charge in [-0.15, -0.1) is 35.3 Å². The van der Waals surface area contributed by atoms with E-state index in [9.17, 15) is 0 Å². The number of aliphatic imine (C=N–C) groups is 1. The summed E-state index contributed by atoms with van der Waals surface area (Å²) in [5.41, 5.74) is 0.105. The van der Waals surface area contributed by atoms with E-state index in [1.807, 2.05) is 18.4 Å². The first-order valence-electron chi connectivity index (χ1n) is 8.06. The van der Waals surface area contributed by atoms with Gasteiger partial charge in [0.25, 0.3) is 0 Å². The number of nitrogens with zero attached hydrogens (tertiary/aromatic N) is 2. The van der Waals surface area contributed by atoms with Gasteiger partial charge in [0.2, 0.25) is 0 Å². The Hall–Kier alpha value is -0.340. The van der Waals surface area contributed by atoms with E-state index < -0.39 is 0 Å². The molecule has 0 saturated heterocycles. The van der Waals surface area contributed by atoms with Gasteiger partial charge in [-0.05, 0) is 30.2 Å². The van der Waals surface area contributed by atoms with Gasteiger partial charge in [0.15, 0.2) is 5.96 Å². The molecule has 1 N–H and O–H groups in total. The summed E-state index contributed by atoms with van der Waals surface area (Å²) in [5.74, 6) is 1.76. The van der Waals surface area contributed by atoms with Crippen molar-refractivity contribution in [1.82, 2.24) is 10.2 Å². The quantitative estimate of drug-likeness (QED) is 0.284. The highest BCUT2D eigenvalue weighted by Crippen LogP contribution is 2.28. The Morgan fingerprint density at radius 2 is 2.22 bits per heavy atom. The fourth-order valence-electron chi connectivity index (χ4n) is 2.28. The first kappa shape index (κ1) is 20.7. The van der Waals surface area contributed by atoms with Crippen LogP contribution in [-0.4, -0.2) is 51.3 Å². The van der Waals surface area contributed by atoms with Gasteiger partial charge < -0.3 is 15.0 Å². The van der Waals surface area contributed by atoms with Crippen molar-refractivity contribution in [3.63, 3.8) is 0 Å². The molecular weight excluding hydrogens is 421 g/mol. The molecule has 1 aliphatic carbocycles. The summed E-state index contributed by atoms with van der Waals surface area (Å²) in [6.45, 7) is 7.95. The number of halogens is 1. The summed E-state index contributed by atoms with van der Waals surface area (Å²) in [4.78, 5) is 7.91. The zero-order valence-electron chi connectivity index (χ0n) is 14.7. The molecule has 1 aliphatic rings. The molecule has 1 aromatic rings. The Morgan fingerprint density at radius 3 is 2.78 bits per heavy atom. The zero-order chi connectivity index (χ0) is 16.0. The molecule has 4 nitrogen and oxygen atoms in total. The van der Waals surface area contributed by atoms with Gasteiger partial charge in [0.1, 0.15) is 0 Å². The van der Waals surface area contributed by atoms with Gasteiger partial charge in [-0.25, -0.2) is 0 Å². The number of guanidine groups is 1. The molecule has 1 saturated carbocycles. The standard InChI is InChI=1S/C17H29N3OS.HI/c1-17(2,15-6-5-11-22-15)13-19-16(18-3)20(4)9-10-21-12-14-7-8-14;/h5-6,11,14H,7-10,12-13H2,1-4H3,(H,18,19);1H. The summed E-state index contributed by atoms with van der Waals surface area (Å²) in [6.07, 6.45) is 2.69. The van der Waals surface area contributed by atoms with Crippen LogP contribution in [0.15, 0.2) is 22.5 Å². The number of thiophene rings is 1. The predicted octanol–water partition coefficient (Wildman–Crippen LogP) is 3.58. The minimum Gasteiger partial charge on any atom is -0.379 e. The molecule has 0 aliphatic heterocycles. The summed E-state index contributed by atoms with van der Waals surface area (Å²) < 4.78 is 5.70. The molecule has 0 bridgehead atoms. The predicted molar refractivity (Wildman–Crippen MR) is 110 cm³/mol. The van der Waals surface area contributed by atoms with Crippen molar-refractivity contribution < 1.29 is 4.74 Å². The highest BCUT2D eigenvalue weighted by molar-refractivity contribution is 14.0. The minimum atomic E-state index is 0. The van der Waals surface area contributed by atoms with Crippen LogP contribution in [0.25, 0.3) is 0 Å². The molecule has 0 spiro atoms. The highest BCUT2D eigenvalue weighted by Gasteiger charge is 2.23. The third-order valence-corrected chi connectivity index (χ3v) is 5.31. The molecule has 23 heavy (non-hydrogen) atoms. The lowest BCUT2D eigenvalue weighted by Gasteiger charge is -2.28. The van der Waals surface area contributed by atoms with Crippen molar-refractivity contribution in [2.75, 3.05) is 40.4 Å². The van der Waals surface area contributed by atoms with Crippen molar-refractivity contribution >= 4 is 41.3 Å². The van der Waals surface area contributed by atoms with Crippen molar-refractivity contribution in [3.05, 3.63) is 22.4 Å². The molecule has 0 atom stereocenters. The lowest BCUT2D eigenvalue weighted by Crippen LogP contribution is -2.45. The van der Waals surface area contributed by atoms with E-state index in [2.05, 4.69) is 53.6 Å². The maximum Gasteiger partial charge on any atom is 0.193 e. The normalized spacial score (nSPS) is 15.2. The number of nitrogens with one attached hydrogen (secondary N) is 1. The van der Waals surface area contributed by atoms with Crippen LogP contribution in [0.2, 0.25) is 0 Å². The van der Waals surface area contributed by atoms with E-state index >= 15 is 0 Å². The lowest BCUT2D eigenvalue weighted by molar-refractivity contribution is 0.115. The van der Waals surface area contributed by atoms with Gasteiger partial charge in [-0.2, -0.15) is 0 Å². The zero-order valence-corrected chi connectivity index (χ0v) is 17.8. The van der Waals surface area contributed by atoms with Crippen molar-refractivity contribution in [1.29, 1.82) is 0 Å². The molecule has 1 heterocycles. The van der Waals surface area contributed by atoms with E-state index in [0.717, 1.165) is 38.2 Å². The molecule has 0 aromatic carbocycles. The Kier molecular flexibility index (Phi) is 8.85. The second-order valence-electron chi connectivity index (χ2n) is 6.70. The second-order valence-corrected chi connectivity index (χ2v) is 7.65. The van der Waals surface area contributed by atoms with Gasteiger partial charge in [-0.1, -0.05) is 19.9 Å². The first-order valence-corrected chi connectivity index (χ1v) is 8.94. The molecule has 0 radical (unpaired) electrons. The SMILES string of the molecule is CN=C(NCC(C)(C)c1cccs1)N(C)CCOCC1CC1.I. The number of rotatable bonds is 8. The Labute approximate surface area is 161 Å². The van der Waals surface area contributed by atoms with Crippen LogP contribution < -0.4 is 5.32 Å². The molecule has 2 rings (SSSR count). The van der Waals surface area contributed by atoms with Crippen molar-refractivity contribution in [2.24, 2.45) is 10.9 Å². The highest BCUT2D eigenvalue weighted by atomic mass is 127. The molecule has 1 aromatic heterocycles. The fraction of sp³-hybridized carbons (Fsp3) is 0.706. The molecule has 0 amide bonds. The Balaban J connectivity index is 0.00000264. The van der Waals surface area contributed by atoms with Crippen LogP contribution in [-0.2, 0) is 10.2 Å². The van der Waals surface area contributed by atoms with Crippen molar-refractivity contribution in [2.45, 2.75) is 32.1 Å². The van der Waals surface area contributed by atoms with E-state index in [0.29, 0.717) is 0 Å². The second kappa shape index (κ2) is 9.84. The Bertz CT molecular complexity index is 472. The number of likely N-dealkylation sites (N-methyl/N-ethyl adjacent to an activating group) is 1. The fourth-order valence-corrected chi connectivity index (χ4v) is 3.13. The van der Waals surface area contributed by atoms with Gasteiger partial charge in [-0.3, -0.25) is 4.99 Å². The van der Waals surface area contributed by atoms with Crippen LogP contribution in [0.5, 0.6) is 0 Å². The van der Waals surface area contributed by atoms with Crippen molar-refractivity contribution in [3.8, 4) is 0 Å². The third kappa shape index (κ3) is 6.97. The van der Waals surface area contributed by atoms with Crippen LogP contribution in [0, 0.1) is 5.92 Å². The van der Waals surface area contributed by atoms with Gasteiger partial charge in [0, 0.05) is 44.1 Å². The monoisotopic (exact) mass is 451 g/mol. The molecular formula is C17H30IN3OS. The van der Waals surface area contributed by atoms with Crippen LogP contribution in [0.3, 0.4) is 0 Å². The van der Waals surface area contributed by atoms with Crippen LogP contribution in [0.1, 0.15) is 31.6 Å². The van der Waals surface area contributed by atoms with Gasteiger partial charge in [0.05, 0.1) is 6.61 Å². The van der Waals surface area contributed by atoms with Crippen LogP contribution in [0.4, 0.5) is 0 Å². The largest absolute Gasteiger partial charge is 0.379 e. The minimum absolute atomic E-state index is 0. The molecule has 1 fully saturated rings. The summed E-state index contributed by atoms with van der Waals surface area (Å²) in [5, 5.41) is 5.62. The van der Waals surface area contributed by atoms with E-state index in [-0.39, 0.29) is 29.4 Å². The maximum absolute atomic E-state index is 5.70. The summed E-state index contributed by atoms with van der Waals surface area (Å²) >= 11 is 1.81. The smallest absolute Gasteiger partial charge is 0.193 e. The average Bonchev–Trinajstić information content (AvgIpc) is 3.13. The van der Waals surface area contributed by atoms with Gasteiger partial charge >= 0.3 is 0 Å². The number of hydrogen-bond donors (Lipinski definition) is 1. The van der Waals surface area contributed by atoms with E-state index in [1.165, 1.54) is 17.7 Å². The molecule has 6 heteroatoms. The van der Waals surface area contributed by atoms with E-state index in [4.69, 9.17) is 4.74 Å². The molecule has 132 valence electrons. The number of ether oxygens (including phenoxy) is 1. The lowest BCUT2D eigenvalue weighted by atomic mass is 9.91. The Morgan fingerprint density at radius 1 is 1.48 bits per heavy atom. The average molecular weight is 451 g/mol.